The van der Waals surface area contributed by atoms with Crippen LogP contribution in [0.5, 0.6) is 0 Å². The number of para-hydroxylation sites is 3. The van der Waals surface area contributed by atoms with Crippen molar-refractivity contribution >= 4 is 43.4 Å². The Morgan fingerprint density at radius 3 is 2.00 bits per heavy atom. The van der Waals surface area contributed by atoms with Crippen molar-refractivity contribution in [1.82, 2.24) is 9.55 Å². The third kappa shape index (κ3) is 3.53. The monoisotopic (exact) mass is 496 g/mol. The highest BCUT2D eigenvalue weighted by Crippen LogP contribution is 2.36. The Morgan fingerprint density at radius 1 is 0.436 bits per heavy atom. The molecule has 0 saturated carbocycles. The van der Waals surface area contributed by atoms with E-state index in [1.807, 2.05) is 12.1 Å². The van der Waals surface area contributed by atoms with Gasteiger partial charge in [-0.2, -0.15) is 0 Å². The topological polar surface area (TPSA) is 17.8 Å². The van der Waals surface area contributed by atoms with Gasteiger partial charge in [-0.05, 0) is 79.8 Å². The van der Waals surface area contributed by atoms with Crippen LogP contribution < -0.4 is 0 Å². The van der Waals surface area contributed by atoms with Crippen molar-refractivity contribution < 1.29 is 0 Å². The molecule has 0 N–H and O–H groups in total. The number of hydrogen-bond donors (Lipinski definition) is 0. The predicted octanol–water partition coefficient (Wildman–Crippen LogP) is 9.82. The van der Waals surface area contributed by atoms with E-state index in [1.165, 1.54) is 43.4 Å². The molecule has 0 aliphatic carbocycles. The maximum atomic E-state index is 5.03. The lowest BCUT2D eigenvalue weighted by molar-refractivity contribution is 1.10. The van der Waals surface area contributed by atoms with Gasteiger partial charge in [0.15, 0.2) is 0 Å². The molecule has 39 heavy (non-hydrogen) atoms. The van der Waals surface area contributed by atoms with Crippen molar-refractivity contribution in [2.45, 2.75) is 0 Å². The lowest BCUT2D eigenvalue weighted by Crippen LogP contribution is -1.97. The summed E-state index contributed by atoms with van der Waals surface area (Å²) in [5.74, 6) is 0.949. The number of fused-ring (bicyclic) bond motifs is 5. The first-order valence-corrected chi connectivity index (χ1v) is 13.3. The molecule has 0 bridgehead atoms. The fourth-order valence-corrected chi connectivity index (χ4v) is 5.89. The van der Waals surface area contributed by atoms with Crippen molar-refractivity contribution in [1.29, 1.82) is 0 Å². The van der Waals surface area contributed by atoms with E-state index in [-0.39, 0.29) is 0 Å². The fraction of sp³-hybridized carbons (Fsp3) is 0. The molecule has 0 spiro atoms. The zero-order valence-corrected chi connectivity index (χ0v) is 21.3. The molecule has 1 heterocycles. The van der Waals surface area contributed by atoms with Crippen LogP contribution in [0.1, 0.15) is 0 Å². The van der Waals surface area contributed by atoms with E-state index < -0.39 is 0 Å². The van der Waals surface area contributed by atoms with Crippen LogP contribution in [0.2, 0.25) is 0 Å². The third-order valence-corrected chi connectivity index (χ3v) is 7.77. The van der Waals surface area contributed by atoms with Gasteiger partial charge in [0, 0.05) is 11.3 Å². The van der Waals surface area contributed by atoms with Gasteiger partial charge < -0.3 is 0 Å². The molecule has 0 aliphatic rings. The molecule has 2 nitrogen and oxygen atoms in total. The van der Waals surface area contributed by atoms with E-state index in [0.717, 1.165) is 28.1 Å². The average Bonchev–Trinajstić information content (AvgIpc) is 3.40. The lowest BCUT2D eigenvalue weighted by Gasteiger charge is -2.12. The van der Waals surface area contributed by atoms with E-state index in [2.05, 4.69) is 138 Å². The molecule has 1 aromatic heterocycles. The molecule has 0 amide bonds. The Kier molecular flexibility index (Phi) is 4.86. The predicted molar refractivity (Wildman–Crippen MR) is 164 cm³/mol. The van der Waals surface area contributed by atoms with E-state index in [0.29, 0.717) is 0 Å². The van der Waals surface area contributed by atoms with Crippen molar-refractivity contribution in [2.75, 3.05) is 0 Å². The van der Waals surface area contributed by atoms with E-state index >= 15 is 0 Å². The Morgan fingerprint density at radius 2 is 1.10 bits per heavy atom. The summed E-state index contributed by atoms with van der Waals surface area (Å²) in [6.45, 7) is 0. The number of nitrogens with zero attached hydrogens (tertiary/aromatic N) is 2. The number of aromatic nitrogens is 2. The standard InChI is InChI=1S/C37H24N2/c1-2-11-30(12-3-1)39-36-16-7-6-15-35(36)38-37(39)27-20-17-26(18-21-27)32-14-8-10-28-23-34-29(24-33(28)32)22-19-25-9-4-5-13-31(25)34/h1-24H. The second kappa shape index (κ2) is 8.68. The summed E-state index contributed by atoms with van der Waals surface area (Å²) in [5.41, 5.74) is 6.75. The minimum atomic E-state index is 0.949. The lowest BCUT2D eigenvalue weighted by atomic mass is 9.93. The zero-order chi connectivity index (χ0) is 25.8. The number of hydrogen-bond acceptors (Lipinski definition) is 1. The Labute approximate surface area is 226 Å². The highest BCUT2D eigenvalue weighted by atomic mass is 15.1. The van der Waals surface area contributed by atoms with Crippen LogP contribution in [0.4, 0.5) is 0 Å². The van der Waals surface area contributed by atoms with Gasteiger partial charge in [-0.1, -0.05) is 109 Å². The third-order valence-electron chi connectivity index (χ3n) is 7.77. The van der Waals surface area contributed by atoms with Crippen LogP contribution in [0.25, 0.3) is 71.6 Å². The van der Waals surface area contributed by atoms with Gasteiger partial charge in [0.05, 0.1) is 11.0 Å². The van der Waals surface area contributed by atoms with Crippen LogP contribution in [0.15, 0.2) is 146 Å². The maximum absolute atomic E-state index is 5.03. The molecule has 7 aromatic carbocycles. The molecule has 0 fully saturated rings. The fourth-order valence-electron chi connectivity index (χ4n) is 5.89. The molecule has 0 saturated heterocycles. The Hall–Kier alpha value is -5.21. The van der Waals surface area contributed by atoms with Crippen LogP contribution in [-0.4, -0.2) is 9.55 Å². The van der Waals surface area contributed by atoms with E-state index in [4.69, 9.17) is 4.98 Å². The summed E-state index contributed by atoms with van der Waals surface area (Å²) in [7, 11) is 0. The van der Waals surface area contributed by atoms with Crippen LogP contribution in [-0.2, 0) is 0 Å². The first-order valence-electron chi connectivity index (χ1n) is 13.3. The van der Waals surface area contributed by atoms with Gasteiger partial charge in [0.25, 0.3) is 0 Å². The number of benzene rings is 7. The van der Waals surface area contributed by atoms with Gasteiger partial charge in [-0.3, -0.25) is 4.57 Å². The van der Waals surface area contributed by atoms with Crippen molar-refractivity contribution in [3.05, 3.63) is 146 Å². The number of imidazole rings is 1. The van der Waals surface area contributed by atoms with Crippen LogP contribution >= 0.6 is 0 Å². The molecule has 0 atom stereocenters. The van der Waals surface area contributed by atoms with Gasteiger partial charge in [0.2, 0.25) is 0 Å². The van der Waals surface area contributed by atoms with Gasteiger partial charge >= 0.3 is 0 Å². The normalized spacial score (nSPS) is 11.6. The molecule has 8 rings (SSSR count). The van der Waals surface area contributed by atoms with Gasteiger partial charge in [-0.25, -0.2) is 4.98 Å². The minimum Gasteiger partial charge on any atom is -0.292 e. The summed E-state index contributed by atoms with van der Waals surface area (Å²) >= 11 is 0. The van der Waals surface area contributed by atoms with Gasteiger partial charge in [0.1, 0.15) is 5.82 Å². The molecule has 2 heteroatoms. The van der Waals surface area contributed by atoms with Crippen molar-refractivity contribution in [2.24, 2.45) is 0 Å². The maximum Gasteiger partial charge on any atom is 0.145 e. The summed E-state index contributed by atoms with van der Waals surface area (Å²) in [6.07, 6.45) is 0. The summed E-state index contributed by atoms with van der Waals surface area (Å²) in [4.78, 5) is 5.03. The zero-order valence-electron chi connectivity index (χ0n) is 21.3. The molecule has 0 radical (unpaired) electrons. The average molecular weight is 497 g/mol. The van der Waals surface area contributed by atoms with E-state index in [9.17, 15) is 0 Å². The second-order valence-corrected chi connectivity index (χ2v) is 10.1. The van der Waals surface area contributed by atoms with Crippen molar-refractivity contribution in [3.63, 3.8) is 0 Å². The molecular formula is C37H24N2. The quantitative estimate of drug-likeness (QED) is 0.176. The Bertz CT molecular complexity index is 2150. The highest BCUT2D eigenvalue weighted by molar-refractivity contribution is 6.14. The molecule has 182 valence electrons. The summed E-state index contributed by atoms with van der Waals surface area (Å²) in [5, 5.41) is 7.66. The molecular weight excluding hydrogens is 472 g/mol. The molecule has 0 aliphatic heterocycles. The van der Waals surface area contributed by atoms with Crippen LogP contribution in [0, 0.1) is 0 Å². The van der Waals surface area contributed by atoms with Crippen molar-refractivity contribution in [3.8, 4) is 28.2 Å². The molecule has 0 unspecified atom stereocenters. The SMILES string of the molecule is c1ccc(-n2c(-c3ccc(-c4cccc5cc6c(ccc7ccccc76)cc45)cc3)nc3ccccc32)cc1. The second-order valence-electron chi connectivity index (χ2n) is 10.1. The summed E-state index contributed by atoms with van der Waals surface area (Å²) < 4.78 is 2.25. The smallest absolute Gasteiger partial charge is 0.145 e. The number of rotatable bonds is 3. The first-order chi connectivity index (χ1) is 19.3. The molecule has 8 aromatic rings. The highest BCUT2D eigenvalue weighted by Gasteiger charge is 2.15. The first kappa shape index (κ1) is 21.8. The minimum absolute atomic E-state index is 0.949. The van der Waals surface area contributed by atoms with Gasteiger partial charge in [-0.15, -0.1) is 0 Å². The van der Waals surface area contributed by atoms with Crippen LogP contribution in [0.3, 0.4) is 0 Å². The largest absolute Gasteiger partial charge is 0.292 e. The van der Waals surface area contributed by atoms with E-state index in [1.54, 1.807) is 0 Å². The Balaban J connectivity index is 1.27. The summed E-state index contributed by atoms with van der Waals surface area (Å²) in [6, 6.07) is 52.0.